The van der Waals surface area contributed by atoms with Crippen molar-refractivity contribution in [2.75, 3.05) is 5.32 Å². The van der Waals surface area contributed by atoms with Gasteiger partial charge in [-0.05, 0) is 65.6 Å². The third kappa shape index (κ3) is 7.90. The molecule has 39 heavy (non-hydrogen) atoms. The van der Waals surface area contributed by atoms with E-state index < -0.39 is 11.7 Å². The van der Waals surface area contributed by atoms with Crippen LogP contribution in [0, 0.1) is 0 Å². The van der Waals surface area contributed by atoms with Gasteiger partial charge in [0.2, 0.25) is 5.95 Å². The number of alkyl halides is 3. The van der Waals surface area contributed by atoms with Crippen LogP contribution in [0.3, 0.4) is 0 Å². The first-order valence-corrected chi connectivity index (χ1v) is 13.3. The predicted octanol–water partition coefficient (Wildman–Crippen LogP) is 6.38. The lowest BCUT2D eigenvalue weighted by atomic mass is 9.96. The monoisotopic (exact) mass is 555 g/mol. The molecular formula is C28H28F3N5O2S. The van der Waals surface area contributed by atoms with Crippen molar-refractivity contribution < 1.29 is 22.8 Å². The highest BCUT2D eigenvalue weighted by Gasteiger charge is 2.33. The van der Waals surface area contributed by atoms with E-state index in [9.17, 15) is 22.8 Å². The third-order valence-corrected chi connectivity index (χ3v) is 7.05. The number of amides is 2. The quantitative estimate of drug-likeness (QED) is 0.314. The maximum atomic E-state index is 12.9. The second-order valence-electron chi connectivity index (χ2n) is 9.08. The van der Waals surface area contributed by atoms with Crippen molar-refractivity contribution in [3.8, 4) is 11.1 Å². The number of hydrogen-bond donors (Lipinski definition) is 3. The van der Waals surface area contributed by atoms with Gasteiger partial charge in [-0.1, -0.05) is 55.7 Å². The highest BCUT2D eigenvalue weighted by atomic mass is 32.2. The number of anilines is 1. The molecule has 2 fully saturated rings. The van der Waals surface area contributed by atoms with Crippen molar-refractivity contribution in [2.45, 2.75) is 50.9 Å². The zero-order valence-corrected chi connectivity index (χ0v) is 21.8. The van der Waals surface area contributed by atoms with Gasteiger partial charge in [0.25, 0.3) is 11.1 Å². The van der Waals surface area contributed by atoms with E-state index in [-0.39, 0.29) is 16.7 Å². The molecule has 0 bridgehead atoms. The van der Waals surface area contributed by atoms with Crippen LogP contribution in [-0.2, 0) is 17.5 Å². The number of thioether (sulfide) groups is 1. The average Bonchev–Trinajstić information content (AvgIpc) is 3.25. The number of carbonyl (C=O) groups is 2. The number of halogens is 3. The molecule has 2 amide bonds. The standard InChI is InChI=1S/C14H12F3N.C14H16N4O2S/c15-14(16,17)13-7-2-1-6-12(13)11-5-3-4-10(8-11)9-18;19-12-11(21-14(20)18-12)8-10-6-7-15-13(17-10)16-9-4-2-1-3-5-9/h1-8H,9,18H2;6-9H,1-5H2,(H,15,16,17)(H,18,19,20)/b;11-8-. The molecule has 5 rings (SSSR count). The predicted molar refractivity (Wildman–Crippen MR) is 146 cm³/mol. The van der Waals surface area contributed by atoms with Crippen LogP contribution in [0.1, 0.15) is 48.9 Å². The van der Waals surface area contributed by atoms with Crippen LogP contribution < -0.4 is 16.4 Å². The van der Waals surface area contributed by atoms with Crippen LogP contribution in [0.15, 0.2) is 65.7 Å². The van der Waals surface area contributed by atoms with Gasteiger partial charge in [0.1, 0.15) is 0 Å². The van der Waals surface area contributed by atoms with Crippen LogP contribution in [0.4, 0.5) is 23.9 Å². The topological polar surface area (TPSA) is 110 Å². The average molecular weight is 556 g/mol. The van der Waals surface area contributed by atoms with Crippen LogP contribution in [0.5, 0.6) is 0 Å². The highest BCUT2D eigenvalue weighted by molar-refractivity contribution is 8.18. The summed E-state index contributed by atoms with van der Waals surface area (Å²) in [6.45, 7) is 0.308. The fourth-order valence-corrected chi connectivity index (χ4v) is 5.02. The molecule has 1 aliphatic heterocycles. The van der Waals surface area contributed by atoms with E-state index in [2.05, 4.69) is 20.6 Å². The van der Waals surface area contributed by atoms with E-state index in [4.69, 9.17) is 5.73 Å². The maximum absolute atomic E-state index is 12.9. The number of rotatable bonds is 5. The molecule has 1 saturated carbocycles. The Bertz CT molecular complexity index is 1360. The number of carbonyl (C=O) groups excluding carboxylic acids is 2. The lowest BCUT2D eigenvalue weighted by Gasteiger charge is -2.22. The van der Waals surface area contributed by atoms with Crippen molar-refractivity contribution in [1.29, 1.82) is 0 Å². The SMILES string of the molecule is NCc1cccc(-c2ccccc2C(F)(F)F)c1.O=C1NC(=O)/C(=C/c2ccnc(NC3CCCCC3)n2)S1. The fourth-order valence-electron chi connectivity index (χ4n) is 4.36. The molecule has 1 saturated heterocycles. The second-order valence-corrected chi connectivity index (χ2v) is 10.1. The summed E-state index contributed by atoms with van der Waals surface area (Å²) in [7, 11) is 0. The summed E-state index contributed by atoms with van der Waals surface area (Å²) in [6.07, 6.45) is 4.97. The van der Waals surface area contributed by atoms with E-state index in [0.29, 0.717) is 34.7 Å². The molecule has 3 aromatic rings. The number of imide groups is 1. The van der Waals surface area contributed by atoms with Crippen LogP contribution in [0.2, 0.25) is 0 Å². The lowest BCUT2D eigenvalue weighted by Crippen LogP contribution is -2.23. The van der Waals surface area contributed by atoms with E-state index in [1.165, 1.54) is 31.4 Å². The summed E-state index contributed by atoms with van der Waals surface area (Å²) in [4.78, 5) is 31.6. The number of nitrogens with two attached hydrogens (primary N) is 1. The minimum Gasteiger partial charge on any atom is -0.351 e. The Kier molecular flexibility index (Phi) is 9.36. The first kappa shape index (κ1) is 28.3. The van der Waals surface area contributed by atoms with Gasteiger partial charge >= 0.3 is 6.18 Å². The molecule has 1 aromatic heterocycles. The highest BCUT2D eigenvalue weighted by Crippen LogP contribution is 2.37. The molecule has 0 spiro atoms. The number of benzene rings is 2. The molecule has 204 valence electrons. The molecule has 0 radical (unpaired) electrons. The minimum atomic E-state index is -4.35. The smallest absolute Gasteiger partial charge is 0.351 e. The van der Waals surface area contributed by atoms with E-state index in [1.807, 2.05) is 0 Å². The Labute approximate surface area is 228 Å². The maximum Gasteiger partial charge on any atom is 0.417 e. The van der Waals surface area contributed by atoms with E-state index >= 15 is 0 Å². The number of nitrogens with zero attached hydrogens (tertiary/aromatic N) is 2. The van der Waals surface area contributed by atoms with Crippen LogP contribution in [0.25, 0.3) is 17.2 Å². The van der Waals surface area contributed by atoms with Gasteiger partial charge in [0.15, 0.2) is 0 Å². The summed E-state index contributed by atoms with van der Waals surface area (Å²) in [5, 5.41) is 5.22. The summed E-state index contributed by atoms with van der Waals surface area (Å²) in [5.41, 5.74) is 7.02. The molecule has 0 atom stereocenters. The summed E-state index contributed by atoms with van der Waals surface area (Å²) in [5.74, 6) is 0.205. The van der Waals surface area contributed by atoms with Crippen molar-refractivity contribution >= 4 is 34.9 Å². The Morgan fingerprint density at radius 3 is 2.51 bits per heavy atom. The molecular weight excluding hydrogens is 527 g/mol. The Morgan fingerprint density at radius 2 is 1.82 bits per heavy atom. The van der Waals surface area contributed by atoms with Crippen molar-refractivity contribution in [3.05, 3.63) is 82.5 Å². The number of hydrogen-bond acceptors (Lipinski definition) is 7. The van der Waals surface area contributed by atoms with Gasteiger partial charge in [-0.15, -0.1) is 0 Å². The molecule has 0 unspecified atom stereocenters. The van der Waals surface area contributed by atoms with Gasteiger partial charge in [-0.3, -0.25) is 14.9 Å². The van der Waals surface area contributed by atoms with Gasteiger partial charge in [0, 0.05) is 18.8 Å². The summed E-state index contributed by atoms with van der Waals surface area (Å²) < 4.78 is 38.7. The number of nitrogens with one attached hydrogen (secondary N) is 2. The molecule has 2 aromatic carbocycles. The molecule has 7 nitrogen and oxygen atoms in total. The second kappa shape index (κ2) is 12.9. The van der Waals surface area contributed by atoms with Gasteiger partial charge in [-0.25, -0.2) is 9.97 Å². The third-order valence-electron chi connectivity index (χ3n) is 6.24. The molecule has 2 aliphatic rings. The molecule has 2 heterocycles. The Hall–Kier alpha value is -3.70. The lowest BCUT2D eigenvalue weighted by molar-refractivity contribution is -0.137. The van der Waals surface area contributed by atoms with Crippen molar-refractivity contribution in [1.82, 2.24) is 15.3 Å². The molecule has 11 heteroatoms. The number of aromatic nitrogens is 2. The summed E-state index contributed by atoms with van der Waals surface area (Å²) >= 11 is 0.891. The van der Waals surface area contributed by atoms with Gasteiger partial charge in [0.05, 0.1) is 16.2 Å². The Balaban J connectivity index is 0.000000183. The zero-order valence-electron chi connectivity index (χ0n) is 21.0. The molecule has 4 N–H and O–H groups in total. The van der Waals surface area contributed by atoms with E-state index in [0.717, 1.165) is 36.2 Å². The van der Waals surface area contributed by atoms with E-state index in [1.54, 1.807) is 48.7 Å². The minimum absolute atomic E-state index is 0.181. The zero-order chi connectivity index (χ0) is 27.8. The van der Waals surface area contributed by atoms with Crippen LogP contribution >= 0.6 is 11.8 Å². The van der Waals surface area contributed by atoms with Gasteiger partial charge < -0.3 is 11.1 Å². The molecule has 1 aliphatic carbocycles. The Morgan fingerprint density at radius 1 is 1.05 bits per heavy atom. The van der Waals surface area contributed by atoms with Gasteiger partial charge in [-0.2, -0.15) is 13.2 Å². The summed E-state index contributed by atoms with van der Waals surface area (Å²) in [6, 6.07) is 14.5. The first-order valence-electron chi connectivity index (χ1n) is 12.5. The van der Waals surface area contributed by atoms with Crippen LogP contribution in [-0.4, -0.2) is 27.2 Å². The largest absolute Gasteiger partial charge is 0.417 e. The van der Waals surface area contributed by atoms with Crippen molar-refractivity contribution in [2.24, 2.45) is 5.73 Å². The van der Waals surface area contributed by atoms with Crippen molar-refractivity contribution in [3.63, 3.8) is 0 Å². The normalized spacial score (nSPS) is 17.0. The fraction of sp³-hybridized carbons (Fsp3) is 0.286. The first-order chi connectivity index (χ1) is 18.7.